The van der Waals surface area contributed by atoms with E-state index in [1.54, 1.807) is 11.1 Å². The molecule has 4 N–H and O–H groups in total. The van der Waals surface area contributed by atoms with E-state index in [-0.39, 0.29) is 12.4 Å². The van der Waals surface area contributed by atoms with E-state index in [1.165, 1.54) is 10.8 Å². The van der Waals surface area contributed by atoms with Crippen molar-refractivity contribution in [2.24, 2.45) is 5.73 Å². The van der Waals surface area contributed by atoms with Gasteiger partial charge in [0.1, 0.15) is 22.7 Å². The minimum absolute atomic E-state index is 0.188. The van der Waals surface area contributed by atoms with Gasteiger partial charge >= 0.3 is 6.09 Å². The van der Waals surface area contributed by atoms with Crippen molar-refractivity contribution >= 4 is 35.0 Å². The summed E-state index contributed by atoms with van der Waals surface area (Å²) in [5.74, 6) is 0.770. The van der Waals surface area contributed by atoms with Crippen LogP contribution in [0.25, 0.3) is 16.9 Å². The van der Waals surface area contributed by atoms with Crippen LogP contribution in [0.15, 0.2) is 18.3 Å². The lowest BCUT2D eigenvalue weighted by Crippen LogP contribution is -2.37. The van der Waals surface area contributed by atoms with Gasteiger partial charge < -0.3 is 30.8 Å². The van der Waals surface area contributed by atoms with E-state index in [0.717, 1.165) is 12.6 Å². The summed E-state index contributed by atoms with van der Waals surface area (Å²) in [5, 5.41) is 26.0. The average molecular weight is 483 g/mol. The van der Waals surface area contributed by atoms with E-state index in [1.807, 2.05) is 33.8 Å². The summed E-state index contributed by atoms with van der Waals surface area (Å²) in [5.41, 5.74) is 5.67. The number of nitrogens with zero attached hydrogens (tertiary/aromatic N) is 5. The molecule has 1 unspecified atom stereocenters. The van der Waals surface area contributed by atoms with Crippen LogP contribution in [0.2, 0.25) is 0 Å². The lowest BCUT2D eigenvalue weighted by Gasteiger charge is -2.26. The molecule has 11 nitrogen and oxygen atoms in total. The summed E-state index contributed by atoms with van der Waals surface area (Å²) in [4.78, 5) is 19.0. The fourth-order valence-electron chi connectivity index (χ4n) is 3.99. The number of hydrogen-bond donors (Lipinski definition) is 3. The van der Waals surface area contributed by atoms with Gasteiger partial charge in [-0.15, -0.1) is 0 Å². The Hall–Kier alpha value is -3.65. The number of ether oxygens (including phenoxy) is 2. The monoisotopic (exact) mass is 482 g/mol. The number of carbonyl (C=O) groups excluding carboxylic acids is 1. The van der Waals surface area contributed by atoms with Crippen LogP contribution in [0.1, 0.15) is 46.1 Å². The second-order valence-electron chi connectivity index (χ2n) is 9.49. The first-order valence-corrected chi connectivity index (χ1v) is 11.7. The molecule has 0 bridgehead atoms. The fraction of sp³-hybridized carbons (Fsp3) is 0.542. The van der Waals surface area contributed by atoms with Crippen LogP contribution >= 0.6 is 0 Å². The van der Waals surface area contributed by atoms with Gasteiger partial charge in [-0.2, -0.15) is 15.0 Å². The van der Waals surface area contributed by atoms with Gasteiger partial charge in [-0.05, 0) is 51.3 Å². The van der Waals surface area contributed by atoms with Crippen molar-refractivity contribution in [2.75, 3.05) is 38.2 Å². The molecule has 3 heterocycles. The molecule has 0 spiro atoms. The zero-order valence-electron chi connectivity index (χ0n) is 20.8. The minimum atomic E-state index is -0.971. The average Bonchev–Trinajstić information content (AvgIpc) is 3.43. The van der Waals surface area contributed by atoms with Crippen LogP contribution in [0.4, 0.5) is 10.6 Å². The molecule has 11 heteroatoms. The first kappa shape index (κ1) is 26.0. The molecule has 2 aromatic rings. The Morgan fingerprint density at radius 3 is 2.86 bits per heavy atom. The van der Waals surface area contributed by atoms with Crippen molar-refractivity contribution in [1.82, 2.24) is 19.7 Å². The topological polar surface area (TPSA) is 155 Å². The summed E-state index contributed by atoms with van der Waals surface area (Å²) >= 11 is 0. The van der Waals surface area contributed by atoms with Gasteiger partial charge in [-0.1, -0.05) is 6.92 Å². The fourth-order valence-corrected chi connectivity index (χ4v) is 3.99. The normalized spacial score (nSPS) is 18.5. The van der Waals surface area contributed by atoms with Gasteiger partial charge in [0.05, 0.1) is 18.9 Å². The van der Waals surface area contributed by atoms with E-state index < -0.39 is 17.1 Å². The first-order valence-electron chi connectivity index (χ1n) is 11.7. The zero-order chi connectivity index (χ0) is 25.6. The maximum Gasteiger partial charge on any atom is 0.410 e. The predicted molar refractivity (Wildman–Crippen MR) is 134 cm³/mol. The van der Waals surface area contributed by atoms with E-state index in [9.17, 15) is 10.1 Å². The molecule has 0 aliphatic carbocycles. The van der Waals surface area contributed by atoms with Crippen molar-refractivity contribution in [3.8, 4) is 6.07 Å². The number of pyridine rings is 1. The molecule has 1 aliphatic heterocycles. The Balaban J connectivity index is 2.01. The highest BCUT2D eigenvalue weighted by Gasteiger charge is 2.44. The lowest BCUT2D eigenvalue weighted by atomic mass is 9.80. The molecule has 1 atom stereocenters. The Kier molecular flexibility index (Phi) is 7.96. The predicted octanol–water partition coefficient (Wildman–Crippen LogP) is 3.08. The van der Waals surface area contributed by atoms with E-state index >= 15 is 0 Å². The summed E-state index contributed by atoms with van der Waals surface area (Å²) < 4.78 is 12.5. The molecular weight excluding hydrogens is 448 g/mol. The third kappa shape index (κ3) is 5.89. The SMILES string of the molecule is CCCOCCNc1cc(C2(C#N)CCN(C(=O)OC(C)(C)C)C2)c2cnn(C(N)=CC=N)c2n1. The van der Waals surface area contributed by atoms with Gasteiger partial charge in [0.15, 0.2) is 5.65 Å². The number of rotatable bonds is 9. The molecule has 0 aromatic carbocycles. The van der Waals surface area contributed by atoms with Crippen LogP contribution < -0.4 is 11.1 Å². The molecule has 2 aromatic heterocycles. The Bertz CT molecular complexity index is 1140. The van der Waals surface area contributed by atoms with Gasteiger partial charge in [-0.25, -0.2) is 9.78 Å². The zero-order valence-corrected chi connectivity index (χ0v) is 20.8. The van der Waals surface area contributed by atoms with Crippen molar-refractivity contribution < 1.29 is 14.3 Å². The number of nitrogens with one attached hydrogen (secondary N) is 2. The van der Waals surface area contributed by atoms with Crippen molar-refractivity contribution in [2.45, 2.75) is 51.6 Å². The molecule has 188 valence electrons. The van der Waals surface area contributed by atoms with Crippen LogP contribution in [0, 0.1) is 16.7 Å². The molecule has 0 saturated carbocycles. The number of hydrogen-bond acceptors (Lipinski definition) is 9. The Morgan fingerprint density at radius 2 is 2.20 bits per heavy atom. The van der Waals surface area contributed by atoms with Gasteiger partial charge in [0.25, 0.3) is 0 Å². The Labute approximate surface area is 205 Å². The van der Waals surface area contributed by atoms with Crippen LogP contribution in [-0.2, 0) is 14.9 Å². The highest BCUT2D eigenvalue weighted by molar-refractivity contribution is 5.87. The Morgan fingerprint density at radius 1 is 1.43 bits per heavy atom. The minimum Gasteiger partial charge on any atom is -0.444 e. The number of likely N-dealkylation sites (tertiary alicyclic amines) is 1. The molecule has 3 rings (SSSR count). The second kappa shape index (κ2) is 10.7. The van der Waals surface area contributed by atoms with E-state index in [4.69, 9.17) is 20.6 Å². The van der Waals surface area contributed by atoms with Gasteiger partial charge in [0, 0.05) is 37.8 Å². The smallest absolute Gasteiger partial charge is 0.410 e. The maximum absolute atomic E-state index is 12.7. The number of anilines is 1. The highest BCUT2D eigenvalue weighted by atomic mass is 16.6. The second-order valence-corrected chi connectivity index (χ2v) is 9.49. The largest absolute Gasteiger partial charge is 0.444 e. The van der Waals surface area contributed by atoms with Crippen molar-refractivity contribution in [3.05, 3.63) is 23.9 Å². The molecule has 1 amide bonds. The maximum atomic E-state index is 12.7. The number of amides is 1. The summed E-state index contributed by atoms with van der Waals surface area (Å²) in [6, 6.07) is 4.30. The molecule has 0 radical (unpaired) electrons. The quantitative estimate of drug-likeness (QED) is 0.364. The highest BCUT2D eigenvalue weighted by Crippen LogP contribution is 2.39. The molecule has 1 saturated heterocycles. The number of nitrogens with two attached hydrogens (primary N) is 1. The number of fused-ring (bicyclic) bond motifs is 1. The summed E-state index contributed by atoms with van der Waals surface area (Å²) in [6.45, 7) is 9.78. The van der Waals surface area contributed by atoms with Crippen LogP contribution in [0.5, 0.6) is 0 Å². The van der Waals surface area contributed by atoms with E-state index in [2.05, 4.69) is 21.5 Å². The third-order valence-corrected chi connectivity index (χ3v) is 5.59. The summed E-state index contributed by atoms with van der Waals surface area (Å²) in [7, 11) is 0. The number of allylic oxidation sites excluding steroid dienone is 1. The van der Waals surface area contributed by atoms with Crippen molar-refractivity contribution in [3.63, 3.8) is 0 Å². The summed E-state index contributed by atoms with van der Waals surface area (Å²) in [6.07, 6.45) is 5.03. The number of nitriles is 1. The first-order chi connectivity index (χ1) is 16.6. The molecule has 1 fully saturated rings. The molecular formula is C24H34N8O3. The van der Waals surface area contributed by atoms with Gasteiger partial charge in [0.2, 0.25) is 0 Å². The van der Waals surface area contributed by atoms with E-state index in [0.29, 0.717) is 55.1 Å². The van der Waals surface area contributed by atoms with Crippen LogP contribution in [0.3, 0.4) is 0 Å². The lowest BCUT2D eigenvalue weighted by molar-refractivity contribution is 0.0288. The number of aromatic nitrogens is 3. The molecule has 1 aliphatic rings. The third-order valence-electron chi connectivity index (χ3n) is 5.59. The van der Waals surface area contributed by atoms with Crippen molar-refractivity contribution in [1.29, 1.82) is 10.7 Å². The van der Waals surface area contributed by atoms with Gasteiger partial charge in [-0.3, -0.25) is 0 Å². The number of carbonyl (C=O) groups is 1. The standard InChI is InChI=1S/C24H34N8O3/c1-5-11-34-12-9-28-20-13-18(17-14-29-32(21(17)30-20)19(27)6-8-25)24(15-26)7-10-31(16-24)22(33)35-23(2,3)4/h6,8,13-14,25H,5,7,9-12,16,27H2,1-4H3,(H,28,30). The molecule has 35 heavy (non-hydrogen) atoms. The van der Waals surface area contributed by atoms with Crippen LogP contribution in [-0.4, -0.2) is 70.4 Å².